The van der Waals surface area contributed by atoms with Crippen molar-refractivity contribution in [3.8, 4) is 11.5 Å². The number of ether oxygens (including phenoxy) is 3. The summed E-state index contributed by atoms with van der Waals surface area (Å²) in [7, 11) is 3.18. The van der Waals surface area contributed by atoms with Crippen LogP contribution in [0.5, 0.6) is 11.5 Å². The fourth-order valence-electron chi connectivity index (χ4n) is 4.47. The van der Waals surface area contributed by atoms with Crippen molar-refractivity contribution in [1.29, 1.82) is 0 Å². The zero-order valence-electron chi connectivity index (χ0n) is 19.4. The number of carbonyl (C=O) groups excluding carboxylic acids is 2. The molecule has 0 fully saturated rings. The van der Waals surface area contributed by atoms with Gasteiger partial charge in [-0.3, -0.25) is 4.79 Å². The molecule has 1 aromatic carbocycles. The Morgan fingerprint density at radius 1 is 1.19 bits per heavy atom. The molecule has 1 heterocycles. The highest BCUT2D eigenvalue weighted by molar-refractivity contribution is 6.04. The minimum atomic E-state index is -0.570. The van der Waals surface area contributed by atoms with Gasteiger partial charge in [-0.1, -0.05) is 27.2 Å². The Morgan fingerprint density at radius 3 is 2.58 bits per heavy atom. The van der Waals surface area contributed by atoms with E-state index in [0.717, 1.165) is 30.5 Å². The summed E-state index contributed by atoms with van der Waals surface area (Å²) in [5.74, 6) is 0.303. The molecule has 3 rings (SSSR count). The standard InChI is InChI=1S/C25H33NO5/c1-7-8-11-31-24(28)21-15(2)26-18-13-25(3,4)14-19(27)23(18)22(21)17-12-16(29-5)9-10-20(17)30-6/h9-10,12,22,26H,7-8,11,13-14H2,1-6H3/t22-/m1/s1. The van der Waals surface area contributed by atoms with Crippen molar-refractivity contribution in [3.05, 3.63) is 46.3 Å². The maximum absolute atomic E-state index is 13.4. The molecule has 1 N–H and O–H groups in total. The molecular weight excluding hydrogens is 394 g/mol. The van der Waals surface area contributed by atoms with Crippen LogP contribution in [0.4, 0.5) is 0 Å². The van der Waals surface area contributed by atoms with Crippen LogP contribution in [0.1, 0.15) is 64.9 Å². The maximum atomic E-state index is 13.4. The Labute approximate surface area is 184 Å². The smallest absolute Gasteiger partial charge is 0.336 e. The normalized spacial score (nSPS) is 20.2. The minimum absolute atomic E-state index is 0.0416. The lowest BCUT2D eigenvalue weighted by atomic mass is 9.68. The van der Waals surface area contributed by atoms with Crippen molar-refractivity contribution in [2.75, 3.05) is 20.8 Å². The number of hydrogen-bond acceptors (Lipinski definition) is 6. The Bertz CT molecular complexity index is 941. The summed E-state index contributed by atoms with van der Waals surface area (Å²) < 4.78 is 16.7. The van der Waals surface area contributed by atoms with Crippen LogP contribution in [0.3, 0.4) is 0 Å². The predicted molar refractivity (Wildman–Crippen MR) is 119 cm³/mol. The average Bonchev–Trinajstić information content (AvgIpc) is 2.71. The molecule has 168 valence electrons. The van der Waals surface area contributed by atoms with Gasteiger partial charge in [-0.05, 0) is 43.4 Å². The average molecular weight is 428 g/mol. The van der Waals surface area contributed by atoms with Gasteiger partial charge in [0.15, 0.2) is 5.78 Å². The van der Waals surface area contributed by atoms with Gasteiger partial charge in [0.1, 0.15) is 11.5 Å². The number of dihydropyridines is 1. The van der Waals surface area contributed by atoms with E-state index < -0.39 is 11.9 Å². The van der Waals surface area contributed by atoms with Gasteiger partial charge in [0.05, 0.1) is 32.3 Å². The second-order valence-electron chi connectivity index (χ2n) is 9.03. The van der Waals surface area contributed by atoms with Crippen LogP contribution in [0.2, 0.25) is 0 Å². The lowest BCUT2D eigenvalue weighted by molar-refractivity contribution is -0.139. The first-order valence-electron chi connectivity index (χ1n) is 10.9. The van der Waals surface area contributed by atoms with Gasteiger partial charge in [0.25, 0.3) is 0 Å². The Balaban J connectivity index is 2.18. The number of methoxy groups -OCH3 is 2. The first kappa shape index (κ1) is 22.9. The van der Waals surface area contributed by atoms with E-state index in [1.54, 1.807) is 20.3 Å². The molecule has 0 aromatic heterocycles. The molecule has 0 unspecified atom stereocenters. The second kappa shape index (κ2) is 9.16. The first-order valence-corrected chi connectivity index (χ1v) is 10.9. The van der Waals surface area contributed by atoms with Crippen LogP contribution in [0.25, 0.3) is 0 Å². The molecule has 6 heteroatoms. The van der Waals surface area contributed by atoms with E-state index in [0.29, 0.717) is 41.4 Å². The summed E-state index contributed by atoms with van der Waals surface area (Å²) in [5, 5.41) is 3.36. The molecule has 0 saturated heterocycles. The fraction of sp³-hybridized carbons (Fsp3) is 0.520. The summed E-state index contributed by atoms with van der Waals surface area (Å²) in [4.78, 5) is 26.6. The summed E-state index contributed by atoms with van der Waals surface area (Å²) in [6, 6.07) is 5.46. The quantitative estimate of drug-likeness (QED) is 0.504. The molecule has 0 bridgehead atoms. The van der Waals surface area contributed by atoms with Crippen LogP contribution < -0.4 is 14.8 Å². The molecule has 0 spiro atoms. The van der Waals surface area contributed by atoms with E-state index in [2.05, 4.69) is 19.2 Å². The molecule has 2 aliphatic rings. The largest absolute Gasteiger partial charge is 0.497 e. The van der Waals surface area contributed by atoms with Crippen molar-refractivity contribution in [2.45, 2.75) is 59.3 Å². The molecular formula is C25H33NO5. The van der Waals surface area contributed by atoms with Gasteiger partial charge in [0, 0.05) is 29.0 Å². The van der Waals surface area contributed by atoms with Crippen molar-refractivity contribution in [3.63, 3.8) is 0 Å². The second-order valence-corrected chi connectivity index (χ2v) is 9.03. The molecule has 6 nitrogen and oxygen atoms in total. The molecule has 1 aliphatic carbocycles. The molecule has 1 aliphatic heterocycles. The van der Waals surface area contributed by atoms with E-state index in [1.807, 2.05) is 26.0 Å². The van der Waals surface area contributed by atoms with Gasteiger partial charge >= 0.3 is 5.97 Å². The maximum Gasteiger partial charge on any atom is 0.336 e. The third kappa shape index (κ3) is 4.63. The van der Waals surface area contributed by atoms with Gasteiger partial charge in [0.2, 0.25) is 0 Å². The van der Waals surface area contributed by atoms with Crippen molar-refractivity contribution >= 4 is 11.8 Å². The van der Waals surface area contributed by atoms with Crippen LogP contribution in [-0.4, -0.2) is 32.6 Å². The molecule has 0 saturated carbocycles. The molecule has 31 heavy (non-hydrogen) atoms. The van der Waals surface area contributed by atoms with Gasteiger partial charge in [-0.25, -0.2) is 4.79 Å². The molecule has 0 amide bonds. The number of rotatable bonds is 7. The highest BCUT2D eigenvalue weighted by Crippen LogP contribution is 2.49. The third-order valence-electron chi connectivity index (χ3n) is 5.94. The number of esters is 1. The predicted octanol–water partition coefficient (Wildman–Crippen LogP) is 4.65. The zero-order valence-corrected chi connectivity index (χ0v) is 19.4. The SMILES string of the molecule is CCCCOC(=O)C1=C(C)NC2=C(C(=O)CC(C)(C)C2)[C@@H]1c1cc(OC)ccc1OC. The number of ketones is 1. The lowest BCUT2D eigenvalue weighted by Gasteiger charge is -2.39. The minimum Gasteiger partial charge on any atom is -0.497 e. The van der Waals surface area contributed by atoms with E-state index in [9.17, 15) is 9.59 Å². The van der Waals surface area contributed by atoms with E-state index in [1.165, 1.54) is 0 Å². The van der Waals surface area contributed by atoms with Crippen molar-refractivity contribution in [1.82, 2.24) is 5.32 Å². The Kier molecular flexibility index (Phi) is 6.77. The van der Waals surface area contributed by atoms with Gasteiger partial charge < -0.3 is 19.5 Å². The van der Waals surface area contributed by atoms with Crippen molar-refractivity contribution < 1.29 is 23.8 Å². The summed E-state index contributed by atoms with van der Waals surface area (Å²) in [5.41, 5.74) is 3.24. The van der Waals surface area contributed by atoms with Crippen LogP contribution in [0.15, 0.2) is 40.7 Å². The van der Waals surface area contributed by atoms with Gasteiger partial charge in [-0.2, -0.15) is 0 Å². The number of carbonyl (C=O) groups is 2. The van der Waals surface area contributed by atoms with E-state index in [-0.39, 0.29) is 11.2 Å². The van der Waals surface area contributed by atoms with E-state index in [4.69, 9.17) is 14.2 Å². The summed E-state index contributed by atoms with van der Waals surface area (Å²) >= 11 is 0. The number of hydrogen-bond donors (Lipinski definition) is 1. The molecule has 1 atom stereocenters. The number of nitrogens with one attached hydrogen (secondary N) is 1. The zero-order chi connectivity index (χ0) is 22.8. The van der Waals surface area contributed by atoms with Crippen LogP contribution in [0, 0.1) is 5.41 Å². The summed E-state index contributed by atoms with van der Waals surface area (Å²) in [6.45, 7) is 8.44. The lowest BCUT2D eigenvalue weighted by Crippen LogP contribution is -2.38. The number of Topliss-reactive ketones (excluding diaryl/α,β-unsaturated/α-hetero) is 1. The number of benzene rings is 1. The van der Waals surface area contributed by atoms with Gasteiger partial charge in [-0.15, -0.1) is 0 Å². The van der Waals surface area contributed by atoms with E-state index >= 15 is 0 Å². The van der Waals surface area contributed by atoms with Crippen LogP contribution >= 0.6 is 0 Å². The highest BCUT2D eigenvalue weighted by atomic mass is 16.5. The Morgan fingerprint density at radius 2 is 1.94 bits per heavy atom. The number of unbranched alkanes of at least 4 members (excludes halogenated alkanes) is 1. The first-order chi connectivity index (χ1) is 14.7. The topological polar surface area (TPSA) is 73.9 Å². The highest BCUT2D eigenvalue weighted by Gasteiger charge is 2.44. The molecule has 1 aromatic rings. The Hall–Kier alpha value is -2.76. The molecule has 0 radical (unpaired) electrons. The summed E-state index contributed by atoms with van der Waals surface area (Å²) in [6.07, 6.45) is 2.87. The van der Waals surface area contributed by atoms with Crippen LogP contribution in [-0.2, 0) is 14.3 Å². The monoisotopic (exact) mass is 427 g/mol. The fourth-order valence-corrected chi connectivity index (χ4v) is 4.47. The third-order valence-corrected chi connectivity index (χ3v) is 5.94. The van der Waals surface area contributed by atoms with Crippen molar-refractivity contribution in [2.24, 2.45) is 5.41 Å². The number of allylic oxidation sites excluding steroid dienone is 3.